The molecule has 5 heteroatoms. The summed E-state index contributed by atoms with van der Waals surface area (Å²) in [6.45, 7) is 6.10. The fraction of sp³-hybridized carbons (Fsp3) is 0.348. The van der Waals surface area contributed by atoms with E-state index in [4.69, 9.17) is 4.74 Å². The van der Waals surface area contributed by atoms with Crippen LogP contribution in [-0.2, 0) is 4.79 Å². The normalized spacial score (nSPS) is 18.0. The number of amides is 1. The van der Waals surface area contributed by atoms with Gasteiger partial charge >= 0.3 is 0 Å². The van der Waals surface area contributed by atoms with E-state index in [0.717, 1.165) is 34.8 Å². The van der Waals surface area contributed by atoms with E-state index in [1.807, 2.05) is 49.4 Å². The van der Waals surface area contributed by atoms with Crippen molar-refractivity contribution in [3.63, 3.8) is 0 Å². The van der Waals surface area contributed by atoms with Crippen molar-refractivity contribution in [2.24, 2.45) is 0 Å². The summed E-state index contributed by atoms with van der Waals surface area (Å²) in [5.74, 6) is 0.796. The van der Waals surface area contributed by atoms with Gasteiger partial charge in [-0.25, -0.2) is 0 Å². The number of nitrogens with zero attached hydrogens (tertiary/aromatic N) is 1. The fourth-order valence-electron chi connectivity index (χ4n) is 3.85. The van der Waals surface area contributed by atoms with Gasteiger partial charge in [0.2, 0.25) is 0 Å². The number of likely N-dealkylation sites (tertiary alicyclic amines) is 1. The highest BCUT2D eigenvalue weighted by Crippen LogP contribution is 2.34. The Bertz CT molecular complexity index is 868. The highest BCUT2D eigenvalue weighted by Gasteiger charge is 2.25. The molecule has 0 radical (unpaired) electrons. The molecule has 0 spiro atoms. The quantitative estimate of drug-likeness (QED) is 0.739. The van der Waals surface area contributed by atoms with Crippen LogP contribution in [0.3, 0.4) is 0 Å². The zero-order valence-corrected chi connectivity index (χ0v) is 16.3. The van der Waals surface area contributed by atoms with Crippen LogP contribution < -0.4 is 15.4 Å². The first-order chi connectivity index (χ1) is 13.7. The molecule has 0 bridgehead atoms. The number of ether oxygens (including phenoxy) is 1. The van der Waals surface area contributed by atoms with E-state index in [2.05, 4.69) is 15.5 Å². The standard InChI is InChI=1S/C23H27N3O2/c1-17-6-5-7-21-22(17)20(23(27)25-21)16-24-18-8-10-19(11-9-18)28-15-14-26-12-3-2-4-13-26/h5-11,16,24H,2-4,12-15H2,1H3,(H,25,27)/b20-16+. The molecule has 2 aliphatic heterocycles. The lowest BCUT2D eigenvalue weighted by Gasteiger charge is -2.26. The lowest BCUT2D eigenvalue weighted by atomic mass is 10.0. The van der Waals surface area contributed by atoms with Crippen molar-refractivity contribution in [2.45, 2.75) is 26.2 Å². The van der Waals surface area contributed by atoms with E-state index >= 15 is 0 Å². The molecule has 0 saturated carbocycles. The lowest BCUT2D eigenvalue weighted by molar-refractivity contribution is -0.110. The Labute approximate surface area is 166 Å². The van der Waals surface area contributed by atoms with Crippen LogP contribution in [0.2, 0.25) is 0 Å². The SMILES string of the molecule is Cc1cccc2c1/C(=C\Nc1ccc(OCCN3CCCCC3)cc1)C(=O)N2. The lowest BCUT2D eigenvalue weighted by Crippen LogP contribution is -2.33. The Hall–Kier alpha value is -2.79. The number of nitrogens with one attached hydrogen (secondary N) is 2. The van der Waals surface area contributed by atoms with Crippen molar-refractivity contribution in [3.05, 3.63) is 59.8 Å². The molecule has 1 amide bonds. The summed E-state index contributed by atoms with van der Waals surface area (Å²) in [4.78, 5) is 14.7. The molecular weight excluding hydrogens is 350 g/mol. The highest BCUT2D eigenvalue weighted by molar-refractivity contribution is 6.32. The topological polar surface area (TPSA) is 53.6 Å². The van der Waals surface area contributed by atoms with Gasteiger partial charge in [-0.3, -0.25) is 9.69 Å². The third-order valence-corrected chi connectivity index (χ3v) is 5.40. The van der Waals surface area contributed by atoms with E-state index in [-0.39, 0.29) is 5.91 Å². The van der Waals surface area contributed by atoms with Crippen molar-refractivity contribution < 1.29 is 9.53 Å². The van der Waals surface area contributed by atoms with E-state index in [1.54, 1.807) is 6.20 Å². The average Bonchev–Trinajstić information content (AvgIpc) is 3.04. The van der Waals surface area contributed by atoms with Crippen LogP contribution in [0.15, 0.2) is 48.7 Å². The minimum Gasteiger partial charge on any atom is -0.492 e. The van der Waals surface area contributed by atoms with Gasteiger partial charge in [0.25, 0.3) is 5.91 Å². The van der Waals surface area contributed by atoms with Crippen molar-refractivity contribution in [2.75, 3.05) is 36.9 Å². The predicted octanol–water partition coefficient (Wildman–Crippen LogP) is 4.26. The van der Waals surface area contributed by atoms with Gasteiger partial charge in [0, 0.05) is 29.7 Å². The van der Waals surface area contributed by atoms with Crippen LogP contribution in [-0.4, -0.2) is 37.0 Å². The monoisotopic (exact) mass is 377 g/mol. The molecule has 2 heterocycles. The number of hydrogen-bond acceptors (Lipinski definition) is 4. The maximum absolute atomic E-state index is 12.3. The number of aryl methyl sites for hydroxylation is 1. The third-order valence-electron chi connectivity index (χ3n) is 5.40. The molecule has 4 rings (SSSR count). The van der Waals surface area contributed by atoms with Gasteiger partial charge in [-0.2, -0.15) is 0 Å². The summed E-state index contributed by atoms with van der Waals surface area (Å²) in [6, 6.07) is 13.8. The first-order valence-corrected chi connectivity index (χ1v) is 10.0. The van der Waals surface area contributed by atoms with Crippen LogP contribution in [0, 0.1) is 6.92 Å². The molecule has 0 atom stereocenters. The summed E-state index contributed by atoms with van der Waals surface area (Å²) in [5, 5.41) is 6.15. The van der Waals surface area contributed by atoms with Crippen molar-refractivity contribution in [3.8, 4) is 5.75 Å². The van der Waals surface area contributed by atoms with E-state index in [9.17, 15) is 4.79 Å². The summed E-state index contributed by atoms with van der Waals surface area (Å²) in [6.07, 6.45) is 5.74. The van der Waals surface area contributed by atoms with Gasteiger partial charge < -0.3 is 15.4 Å². The summed E-state index contributed by atoms with van der Waals surface area (Å²) in [7, 11) is 0. The molecule has 0 unspecified atom stereocenters. The van der Waals surface area contributed by atoms with Gasteiger partial charge in [0.15, 0.2) is 0 Å². The van der Waals surface area contributed by atoms with Crippen LogP contribution in [0.25, 0.3) is 5.57 Å². The molecule has 2 aromatic rings. The maximum atomic E-state index is 12.3. The molecule has 0 aliphatic carbocycles. The number of fused-ring (bicyclic) bond motifs is 1. The van der Waals surface area contributed by atoms with E-state index in [0.29, 0.717) is 12.2 Å². The zero-order chi connectivity index (χ0) is 19.3. The Morgan fingerprint density at radius 1 is 1.11 bits per heavy atom. The van der Waals surface area contributed by atoms with E-state index in [1.165, 1.54) is 32.4 Å². The minimum absolute atomic E-state index is 0.0746. The van der Waals surface area contributed by atoms with Crippen LogP contribution in [0.4, 0.5) is 11.4 Å². The second kappa shape index (κ2) is 8.48. The number of carbonyl (C=O) groups is 1. The maximum Gasteiger partial charge on any atom is 0.257 e. The van der Waals surface area contributed by atoms with Crippen LogP contribution >= 0.6 is 0 Å². The molecule has 1 saturated heterocycles. The van der Waals surface area contributed by atoms with Crippen LogP contribution in [0.1, 0.15) is 30.4 Å². The number of anilines is 2. The molecule has 2 aromatic carbocycles. The highest BCUT2D eigenvalue weighted by atomic mass is 16.5. The number of hydrogen-bond donors (Lipinski definition) is 2. The zero-order valence-electron chi connectivity index (χ0n) is 16.3. The van der Waals surface area contributed by atoms with Crippen LogP contribution in [0.5, 0.6) is 5.75 Å². The number of rotatable bonds is 6. The molecule has 1 fully saturated rings. The third kappa shape index (κ3) is 4.20. The Morgan fingerprint density at radius 2 is 1.89 bits per heavy atom. The van der Waals surface area contributed by atoms with Gasteiger partial charge in [-0.05, 0) is 68.8 Å². The molecule has 0 aromatic heterocycles. The molecule has 146 valence electrons. The molecule has 28 heavy (non-hydrogen) atoms. The Morgan fingerprint density at radius 3 is 2.68 bits per heavy atom. The van der Waals surface area contributed by atoms with Gasteiger partial charge in [-0.15, -0.1) is 0 Å². The van der Waals surface area contributed by atoms with E-state index < -0.39 is 0 Å². The first-order valence-electron chi connectivity index (χ1n) is 10.0. The van der Waals surface area contributed by atoms with Gasteiger partial charge in [-0.1, -0.05) is 18.6 Å². The molecular formula is C23H27N3O2. The van der Waals surface area contributed by atoms with Crippen molar-refractivity contribution >= 4 is 22.9 Å². The summed E-state index contributed by atoms with van der Waals surface area (Å²) >= 11 is 0. The first kappa shape index (κ1) is 18.6. The van der Waals surface area contributed by atoms with Gasteiger partial charge in [0.05, 0.1) is 5.57 Å². The van der Waals surface area contributed by atoms with Gasteiger partial charge in [0.1, 0.15) is 12.4 Å². The largest absolute Gasteiger partial charge is 0.492 e. The summed E-state index contributed by atoms with van der Waals surface area (Å²) in [5.41, 5.74) is 4.51. The molecule has 5 nitrogen and oxygen atoms in total. The van der Waals surface area contributed by atoms with Crippen molar-refractivity contribution in [1.82, 2.24) is 4.90 Å². The number of carbonyl (C=O) groups excluding carboxylic acids is 1. The smallest absolute Gasteiger partial charge is 0.257 e. The second-order valence-corrected chi connectivity index (χ2v) is 7.43. The number of benzene rings is 2. The number of piperidine rings is 1. The molecule has 2 aliphatic rings. The fourth-order valence-corrected chi connectivity index (χ4v) is 3.85. The predicted molar refractivity (Wildman–Crippen MR) is 114 cm³/mol. The molecule has 2 N–H and O–H groups in total. The van der Waals surface area contributed by atoms with Crippen molar-refractivity contribution in [1.29, 1.82) is 0 Å². The minimum atomic E-state index is -0.0746. The summed E-state index contributed by atoms with van der Waals surface area (Å²) < 4.78 is 5.87. The Kier molecular flexibility index (Phi) is 5.63. The average molecular weight is 377 g/mol. The second-order valence-electron chi connectivity index (χ2n) is 7.43. The Balaban J connectivity index is 1.34.